The molecule has 0 aliphatic carbocycles. The number of carbonyl (C=O) groups is 1. The first-order chi connectivity index (χ1) is 12.7. The molecule has 140 valence electrons. The van der Waals surface area contributed by atoms with Crippen LogP contribution in [0.4, 0.5) is 5.69 Å². The minimum absolute atomic E-state index is 0.170. The predicted octanol–water partition coefficient (Wildman–Crippen LogP) is 3.68. The van der Waals surface area contributed by atoms with E-state index < -0.39 is 16.0 Å². The molecule has 6 nitrogen and oxygen atoms in total. The van der Waals surface area contributed by atoms with Crippen molar-refractivity contribution in [3.05, 3.63) is 70.3 Å². The lowest BCUT2D eigenvalue weighted by Gasteiger charge is -2.11. The molecule has 1 aliphatic heterocycles. The van der Waals surface area contributed by atoms with Gasteiger partial charge in [0, 0.05) is 5.57 Å². The van der Waals surface area contributed by atoms with Crippen molar-refractivity contribution >= 4 is 32.4 Å². The Morgan fingerprint density at radius 3 is 2.41 bits per heavy atom. The van der Waals surface area contributed by atoms with E-state index >= 15 is 0 Å². The first-order valence-corrected chi connectivity index (χ1v) is 9.77. The summed E-state index contributed by atoms with van der Waals surface area (Å²) in [5, 5.41) is 2.97. The summed E-state index contributed by atoms with van der Waals surface area (Å²) in [6.45, 7) is 5.60. The van der Waals surface area contributed by atoms with Gasteiger partial charge < -0.3 is 10.1 Å². The molecule has 1 N–H and O–H groups in total. The second kappa shape index (κ2) is 7.00. The zero-order valence-corrected chi connectivity index (χ0v) is 16.3. The predicted molar refractivity (Wildman–Crippen MR) is 106 cm³/mol. The number of benzene rings is 2. The first kappa shape index (κ1) is 18.8. The molecule has 0 atom stereocenters. The Bertz CT molecular complexity index is 1100. The van der Waals surface area contributed by atoms with Crippen LogP contribution in [0, 0.1) is 13.8 Å². The molecule has 1 heterocycles. The van der Waals surface area contributed by atoms with Gasteiger partial charge in [-0.1, -0.05) is 30.3 Å². The maximum Gasteiger partial charge on any atom is 0.339 e. The number of hydrogen-bond donors (Lipinski definition) is 1. The lowest BCUT2D eigenvalue weighted by molar-refractivity contribution is 0.0602. The molecule has 1 aliphatic rings. The van der Waals surface area contributed by atoms with Crippen LogP contribution >= 0.6 is 0 Å². The maximum atomic E-state index is 12.7. The van der Waals surface area contributed by atoms with E-state index in [1.165, 1.54) is 7.11 Å². The van der Waals surface area contributed by atoms with Gasteiger partial charge in [0.1, 0.15) is 10.7 Å². The van der Waals surface area contributed by atoms with Crippen LogP contribution in [-0.4, -0.2) is 27.3 Å². The Balaban J connectivity index is 2.05. The van der Waals surface area contributed by atoms with E-state index in [4.69, 9.17) is 4.74 Å². The van der Waals surface area contributed by atoms with Crippen molar-refractivity contribution in [1.29, 1.82) is 0 Å². The third-order valence-electron chi connectivity index (χ3n) is 4.52. The third kappa shape index (κ3) is 3.50. The normalized spacial score (nSPS) is 15.5. The smallest absolute Gasteiger partial charge is 0.339 e. The highest BCUT2D eigenvalue weighted by molar-refractivity contribution is 8.00. The molecule has 0 spiro atoms. The topological polar surface area (TPSA) is 84.8 Å². The van der Waals surface area contributed by atoms with Crippen molar-refractivity contribution < 1.29 is 17.9 Å². The van der Waals surface area contributed by atoms with E-state index in [9.17, 15) is 13.2 Å². The number of nitrogens with zero attached hydrogens (tertiary/aromatic N) is 1. The number of carbonyl (C=O) groups excluding carboxylic acids is 1. The van der Waals surface area contributed by atoms with Crippen LogP contribution in [0.3, 0.4) is 0 Å². The molecule has 0 amide bonds. The number of sulfonamides is 1. The molecule has 0 saturated carbocycles. The number of methoxy groups -OCH3 is 1. The van der Waals surface area contributed by atoms with E-state index in [1.807, 2.05) is 26.0 Å². The van der Waals surface area contributed by atoms with E-state index in [0.29, 0.717) is 22.4 Å². The van der Waals surface area contributed by atoms with E-state index in [0.717, 1.165) is 11.1 Å². The second-order valence-corrected chi connectivity index (χ2v) is 7.87. The quantitative estimate of drug-likeness (QED) is 0.816. The minimum atomic E-state index is -3.84. The van der Waals surface area contributed by atoms with Gasteiger partial charge in [-0.05, 0) is 49.6 Å². The number of para-hydroxylation sites is 1. The molecule has 3 rings (SSSR count). The van der Waals surface area contributed by atoms with E-state index in [2.05, 4.69) is 9.71 Å². The zero-order chi connectivity index (χ0) is 19.8. The van der Waals surface area contributed by atoms with Crippen LogP contribution in [0.25, 0.3) is 4.91 Å². The summed E-state index contributed by atoms with van der Waals surface area (Å²) in [5.41, 5.74) is 3.90. The molecule has 0 fully saturated rings. The van der Waals surface area contributed by atoms with Gasteiger partial charge in [-0.25, -0.2) is 4.79 Å². The molecule has 0 radical (unpaired) electrons. The molecule has 0 saturated heterocycles. The van der Waals surface area contributed by atoms with Crippen LogP contribution < -0.4 is 5.32 Å². The number of esters is 1. The van der Waals surface area contributed by atoms with Crippen molar-refractivity contribution in [2.45, 2.75) is 20.8 Å². The molecule has 2 aromatic rings. The summed E-state index contributed by atoms with van der Waals surface area (Å²) < 4.78 is 34.0. The molecule has 7 heteroatoms. The molecular weight excluding hydrogens is 364 g/mol. The first-order valence-electron chi connectivity index (χ1n) is 8.33. The summed E-state index contributed by atoms with van der Waals surface area (Å²) in [4.78, 5) is 12.1. The van der Waals surface area contributed by atoms with Gasteiger partial charge >= 0.3 is 5.97 Å². The molecule has 27 heavy (non-hydrogen) atoms. The lowest BCUT2D eigenvalue weighted by Crippen LogP contribution is -2.15. The highest BCUT2D eigenvalue weighted by Gasteiger charge is 2.31. The fraction of sp³-hybridized carbons (Fsp3) is 0.200. The van der Waals surface area contributed by atoms with Crippen molar-refractivity contribution in [3.8, 4) is 0 Å². The molecule has 0 bridgehead atoms. The number of rotatable bonds is 3. The van der Waals surface area contributed by atoms with Gasteiger partial charge in [0.15, 0.2) is 0 Å². The minimum Gasteiger partial charge on any atom is -0.465 e. The largest absolute Gasteiger partial charge is 0.465 e. The number of nitrogens with one attached hydrogen (secondary N) is 1. The summed E-state index contributed by atoms with van der Waals surface area (Å²) in [6, 6.07) is 12.2. The standard InChI is InChI=1S/C20H20N2O4S/c1-12-9-10-15(11-13(12)2)18-14(3)19(22-27(18,24)25)21-17-8-6-5-7-16(17)20(23)26-4/h5-11H,1-4H3,(H,21,22). The fourth-order valence-electron chi connectivity index (χ4n) is 2.91. The Kier molecular flexibility index (Phi) is 4.89. The Hall–Kier alpha value is -2.93. The Morgan fingerprint density at radius 1 is 1.04 bits per heavy atom. The van der Waals surface area contributed by atoms with Crippen LogP contribution in [0.5, 0.6) is 0 Å². The maximum absolute atomic E-state index is 12.7. The lowest BCUT2D eigenvalue weighted by atomic mass is 10.0. The highest BCUT2D eigenvalue weighted by atomic mass is 32.2. The van der Waals surface area contributed by atoms with Crippen molar-refractivity contribution in [2.24, 2.45) is 4.40 Å². The Labute approximate surface area is 158 Å². The summed E-state index contributed by atoms with van der Waals surface area (Å²) in [7, 11) is -2.55. The van der Waals surface area contributed by atoms with Crippen LogP contribution in [0.15, 0.2) is 52.4 Å². The van der Waals surface area contributed by atoms with Crippen LogP contribution in [0.2, 0.25) is 0 Å². The zero-order valence-electron chi connectivity index (χ0n) is 15.5. The van der Waals surface area contributed by atoms with Crippen molar-refractivity contribution in [1.82, 2.24) is 0 Å². The third-order valence-corrected chi connectivity index (χ3v) is 6.00. The summed E-state index contributed by atoms with van der Waals surface area (Å²) in [6.07, 6.45) is 0. The number of anilines is 1. The van der Waals surface area contributed by atoms with Gasteiger partial charge in [0.05, 0.1) is 18.4 Å². The number of ether oxygens (including phenoxy) is 1. The highest BCUT2D eigenvalue weighted by Crippen LogP contribution is 2.34. The van der Waals surface area contributed by atoms with Gasteiger partial charge in [0.2, 0.25) is 0 Å². The SMILES string of the molecule is COC(=O)c1ccccc1NC1=NS(=O)(=O)C(c2ccc(C)c(C)c2)=C1C. The van der Waals surface area contributed by atoms with Gasteiger partial charge in [-0.15, -0.1) is 4.40 Å². The summed E-state index contributed by atoms with van der Waals surface area (Å²) in [5.74, 6) is -0.324. The number of amidine groups is 1. The van der Waals surface area contributed by atoms with Gasteiger partial charge in [-0.2, -0.15) is 8.42 Å². The molecule has 2 aromatic carbocycles. The molecule has 0 aromatic heterocycles. The monoisotopic (exact) mass is 384 g/mol. The fourth-order valence-corrected chi connectivity index (χ4v) is 4.33. The van der Waals surface area contributed by atoms with Gasteiger partial charge in [0.25, 0.3) is 10.0 Å². The molecular formula is C20H20N2O4S. The Morgan fingerprint density at radius 2 is 1.74 bits per heavy atom. The number of hydrogen-bond acceptors (Lipinski definition) is 5. The van der Waals surface area contributed by atoms with E-state index in [1.54, 1.807) is 37.3 Å². The van der Waals surface area contributed by atoms with Crippen molar-refractivity contribution in [3.63, 3.8) is 0 Å². The van der Waals surface area contributed by atoms with Crippen LogP contribution in [0.1, 0.15) is 34.0 Å². The average molecular weight is 384 g/mol. The van der Waals surface area contributed by atoms with Crippen molar-refractivity contribution in [2.75, 3.05) is 12.4 Å². The average Bonchev–Trinajstić information content (AvgIpc) is 2.85. The van der Waals surface area contributed by atoms with Crippen LogP contribution in [-0.2, 0) is 14.8 Å². The van der Waals surface area contributed by atoms with Gasteiger partial charge in [-0.3, -0.25) is 0 Å². The molecule has 0 unspecified atom stereocenters. The number of aryl methyl sites for hydroxylation is 2. The van der Waals surface area contributed by atoms with E-state index in [-0.39, 0.29) is 10.7 Å². The second-order valence-electron chi connectivity index (χ2n) is 6.33. The summed E-state index contributed by atoms with van der Waals surface area (Å²) >= 11 is 0.